The molecular formula is C52H33N5. The van der Waals surface area contributed by atoms with Gasteiger partial charge < -0.3 is 9.13 Å². The van der Waals surface area contributed by atoms with E-state index in [1.54, 1.807) is 0 Å². The molecule has 0 amide bonds. The van der Waals surface area contributed by atoms with E-state index in [2.05, 4.69) is 208 Å². The average molecular weight is 728 g/mol. The first-order valence-electron chi connectivity index (χ1n) is 19.3. The zero-order valence-corrected chi connectivity index (χ0v) is 30.8. The molecule has 4 aromatic heterocycles. The fourth-order valence-electron chi connectivity index (χ4n) is 8.97. The van der Waals surface area contributed by atoms with Crippen molar-refractivity contribution in [2.75, 3.05) is 0 Å². The van der Waals surface area contributed by atoms with Gasteiger partial charge in [0.15, 0.2) is 0 Å². The Morgan fingerprint density at radius 3 is 1.21 bits per heavy atom. The first-order chi connectivity index (χ1) is 28.3. The van der Waals surface area contributed by atoms with Crippen molar-refractivity contribution >= 4 is 65.4 Å². The molecule has 0 saturated carbocycles. The molecule has 0 spiro atoms. The largest absolute Gasteiger partial charge is 0.309 e. The molecule has 266 valence electrons. The van der Waals surface area contributed by atoms with Gasteiger partial charge in [0.25, 0.3) is 0 Å². The highest BCUT2D eigenvalue weighted by molar-refractivity contribution is 6.23. The summed E-state index contributed by atoms with van der Waals surface area (Å²) in [5.41, 5.74) is 12.8. The van der Waals surface area contributed by atoms with Crippen molar-refractivity contribution in [3.05, 3.63) is 200 Å². The average Bonchev–Trinajstić information content (AvgIpc) is 3.93. The van der Waals surface area contributed by atoms with Gasteiger partial charge in [0.05, 0.1) is 44.5 Å². The number of nitrogens with zero attached hydrogens (tertiary/aromatic N) is 5. The molecule has 0 bridgehead atoms. The molecule has 5 nitrogen and oxygen atoms in total. The summed E-state index contributed by atoms with van der Waals surface area (Å²) in [6.45, 7) is 0. The zero-order valence-electron chi connectivity index (χ0n) is 30.8. The number of aromatic nitrogens is 5. The molecule has 0 aliphatic rings. The van der Waals surface area contributed by atoms with Gasteiger partial charge in [-0.15, -0.1) is 0 Å². The highest BCUT2D eigenvalue weighted by Crippen LogP contribution is 2.42. The van der Waals surface area contributed by atoms with Gasteiger partial charge in [0.1, 0.15) is 0 Å². The summed E-state index contributed by atoms with van der Waals surface area (Å²) < 4.78 is 7.04. The highest BCUT2D eigenvalue weighted by Gasteiger charge is 2.23. The Morgan fingerprint density at radius 1 is 0.281 bits per heavy atom. The van der Waals surface area contributed by atoms with Crippen LogP contribution in [0.4, 0.5) is 0 Å². The molecule has 0 radical (unpaired) electrons. The first kappa shape index (κ1) is 31.6. The van der Waals surface area contributed by atoms with E-state index in [0.29, 0.717) is 5.95 Å². The minimum atomic E-state index is 0.626. The van der Waals surface area contributed by atoms with Crippen LogP contribution in [0.2, 0.25) is 0 Å². The van der Waals surface area contributed by atoms with Crippen LogP contribution in [0.5, 0.6) is 0 Å². The smallest absolute Gasteiger partial charge is 0.235 e. The molecule has 0 N–H and O–H groups in total. The number of benzene rings is 8. The van der Waals surface area contributed by atoms with Gasteiger partial charge in [-0.05, 0) is 54.6 Å². The van der Waals surface area contributed by atoms with Crippen molar-refractivity contribution in [1.29, 1.82) is 0 Å². The molecule has 0 unspecified atom stereocenters. The van der Waals surface area contributed by atoms with Gasteiger partial charge in [-0.3, -0.25) is 4.57 Å². The van der Waals surface area contributed by atoms with E-state index in [1.807, 2.05) is 6.07 Å². The first-order valence-corrected chi connectivity index (χ1v) is 19.3. The number of hydrogen-bond acceptors (Lipinski definition) is 2. The van der Waals surface area contributed by atoms with E-state index in [1.165, 1.54) is 32.6 Å². The second kappa shape index (κ2) is 12.4. The summed E-state index contributed by atoms with van der Waals surface area (Å²) in [5.74, 6) is 0.626. The Bertz CT molecular complexity index is 3450. The third-order valence-electron chi connectivity index (χ3n) is 11.5. The maximum atomic E-state index is 5.46. The molecular weight excluding hydrogens is 695 g/mol. The van der Waals surface area contributed by atoms with Crippen LogP contribution in [0.1, 0.15) is 0 Å². The monoisotopic (exact) mass is 727 g/mol. The maximum absolute atomic E-state index is 5.46. The minimum absolute atomic E-state index is 0.626. The Labute approximate surface area is 328 Å². The number of hydrogen-bond donors (Lipinski definition) is 0. The predicted molar refractivity (Wildman–Crippen MR) is 236 cm³/mol. The number of fused-ring (bicyclic) bond motifs is 10. The molecule has 0 fully saturated rings. The molecule has 12 aromatic rings. The van der Waals surface area contributed by atoms with Crippen molar-refractivity contribution in [2.45, 2.75) is 0 Å². The second-order valence-corrected chi connectivity index (χ2v) is 14.6. The lowest BCUT2D eigenvalue weighted by Gasteiger charge is -2.14. The quantitative estimate of drug-likeness (QED) is 0.177. The zero-order chi connectivity index (χ0) is 37.5. The van der Waals surface area contributed by atoms with E-state index < -0.39 is 0 Å². The molecule has 0 aliphatic heterocycles. The van der Waals surface area contributed by atoms with Crippen LogP contribution in [0.25, 0.3) is 105 Å². The van der Waals surface area contributed by atoms with Crippen LogP contribution in [0, 0.1) is 0 Å². The number of para-hydroxylation sites is 5. The summed E-state index contributed by atoms with van der Waals surface area (Å²) in [6.07, 6.45) is 0. The van der Waals surface area contributed by atoms with Gasteiger partial charge in [0.2, 0.25) is 5.95 Å². The predicted octanol–water partition coefficient (Wildman–Crippen LogP) is 13.1. The molecule has 0 saturated heterocycles. The van der Waals surface area contributed by atoms with Gasteiger partial charge in [-0.1, -0.05) is 146 Å². The Balaban J connectivity index is 1.13. The summed E-state index contributed by atoms with van der Waals surface area (Å²) >= 11 is 0. The summed E-state index contributed by atoms with van der Waals surface area (Å²) in [7, 11) is 0. The molecule has 57 heavy (non-hydrogen) atoms. The third kappa shape index (κ3) is 4.76. The molecule has 0 aliphatic carbocycles. The Hall–Kier alpha value is -7.76. The van der Waals surface area contributed by atoms with Crippen LogP contribution in [0.3, 0.4) is 0 Å². The normalized spacial score (nSPS) is 11.9. The van der Waals surface area contributed by atoms with E-state index in [4.69, 9.17) is 9.97 Å². The fraction of sp³-hybridized carbons (Fsp3) is 0. The van der Waals surface area contributed by atoms with Crippen molar-refractivity contribution in [3.8, 4) is 39.8 Å². The van der Waals surface area contributed by atoms with Gasteiger partial charge in [0, 0.05) is 54.8 Å². The van der Waals surface area contributed by atoms with Gasteiger partial charge in [-0.2, -0.15) is 0 Å². The third-order valence-corrected chi connectivity index (χ3v) is 11.5. The summed E-state index contributed by atoms with van der Waals surface area (Å²) in [5, 5.41) is 7.20. The van der Waals surface area contributed by atoms with Crippen LogP contribution in [-0.4, -0.2) is 23.7 Å². The van der Waals surface area contributed by atoms with E-state index in [9.17, 15) is 0 Å². The van der Waals surface area contributed by atoms with Crippen LogP contribution in [-0.2, 0) is 0 Å². The SMILES string of the molecule is c1ccc(-c2cc(-c3ccc(-n4c5ccccc5c5ccccc54)cc3)nc(-n3c4ccccc4c4ccc5c6ccccc6n(-c6ccccc6)c5c43)n2)cc1. The fourth-order valence-corrected chi connectivity index (χ4v) is 8.97. The lowest BCUT2D eigenvalue weighted by atomic mass is 10.1. The van der Waals surface area contributed by atoms with Crippen LogP contribution in [0.15, 0.2) is 200 Å². The highest BCUT2D eigenvalue weighted by atomic mass is 15.2. The van der Waals surface area contributed by atoms with Gasteiger partial charge >= 0.3 is 0 Å². The van der Waals surface area contributed by atoms with E-state index in [-0.39, 0.29) is 0 Å². The summed E-state index contributed by atoms with van der Waals surface area (Å²) in [6, 6.07) is 71.2. The maximum Gasteiger partial charge on any atom is 0.235 e. The number of rotatable bonds is 5. The molecule has 5 heteroatoms. The lowest BCUT2D eigenvalue weighted by molar-refractivity contribution is 0.995. The van der Waals surface area contributed by atoms with Crippen molar-refractivity contribution < 1.29 is 0 Å². The van der Waals surface area contributed by atoms with Crippen molar-refractivity contribution in [2.24, 2.45) is 0 Å². The Kier molecular flexibility index (Phi) is 6.86. The lowest BCUT2D eigenvalue weighted by Crippen LogP contribution is -2.05. The summed E-state index contributed by atoms with van der Waals surface area (Å²) in [4.78, 5) is 10.9. The minimum Gasteiger partial charge on any atom is -0.309 e. The van der Waals surface area contributed by atoms with Crippen molar-refractivity contribution in [3.63, 3.8) is 0 Å². The van der Waals surface area contributed by atoms with Gasteiger partial charge in [-0.25, -0.2) is 9.97 Å². The molecule has 4 heterocycles. The topological polar surface area (TPSA) is 40.6 Å². The van der Waals surface area contributed by atoms with E-state index in [0.717, 1.165) is 66.7 Å². The Morgan fingerprint density at radius 2 is 0.667 bits per heavy atom. The molecule has 8 aromatic carbocycles. The van der Waals surface area contributed by atoms with E-state index >= 15 is 0 Å². The van der Waals surface area contributed by atoms with Crippen LogP contribution < -0.4 is 0 Å². The molecule has 0 atom stereocenters. The second-order valence-electron chi connectivity index (χ2n) is 14.6. The molecule has 12 rings (SSSR count). The van der Waals surface area contributed by atoms with Crippen LogP contribution >= 0.6 is 0 Å². The standard InChI is InChI=1S/C52H33N5/c1-3-15-34(16-4-1)44-33-45(35-27-29-37(30-28-35)55-46-23-11-7-19-38(46)39-20-8-12-24-47(39)55)54-52(53-44)57-49-26-14-10-22-41(49)43-32-31-42-40-21-9-13-25-48(40)56(50(42)51(43)57)36-17-5-2-6-18-36/h1-33H. The van der Waals surface area contributed by atoms with Crippen molar-refractivity contribution in [1.82, 2.24) is 23.7 Å².